The van der Waals surface area contributed by atoms with Crippen molar-refractivity contribution < 1.29 is 9.52 Å². The molecule has 0 saturated heterocycles. The van der Waals surface area contributed by atoms with Gasteiger partial charge in [-0.3, -0.25) is 4.90 Å². The summed E-state index contributed by atoms with van der Waals surface area (Å²) in [5.41, 5.74) is 0. The molecule has 0 unspecified atom stereocenters. The van der Waals surface area contributed by atoms with Gasteiger partial charge in [-0.05, 0) is 32.2 Å². The van der Waals surface area contributed by atoms with Crippen molar-refractivity contribution in [3.8, 4) is 0 Å². The monoisotopic (exact) mass is 253 g/mol. The predicted octanol–water partition coefficient (Wildman–Crippen LogP) is 1.93. The van der Waals surface area contributed by atoms with Crippen LogP contribution in [0.2, 0.25) is 0 Å². The van der Waals surface area contributed by atoms with Crippen molar-refractivity contribution in [2.45, 2.75) is 58.0 Å². The minimum absolute atomic E-state index is 0.274. The Bertz CT molecular complexity index is 361. The molecule has 1 aromatic rings. The third kappa shape index (κ3) is 3.78. The molecule has 2 rings (SSSR count). The summed E-state index contributed by atoms with van der Waals surface area (Å²) < 4.78 is 5.65. The Morgan fingerprint density at radius 2 is 2.11 bits per heavy atom. The van der Waals surface area contributed by atoms with Gasteiger partial charge in [0, 0.05) is 18.6 Å². The number of nitrogens with zero attached hydrogens (tertiary/aromatic N) is 3. The van der Waals surface area contributed by atoms with Gasteiger partial charge < -0.3 is 9.52 Å². The Balaban J connectivity index is 1.87. The molecule has 1 fully saturated rings. The second kappa shape index (κ2) is 6.29. The first-order valence-electron chi connectivity index (χ1n) is 6.88. The molecule has 0 aromatic carbocycles. The van der Waals surface area contributed by atoms with E-state index in [1.54, 1.807) is 0 Å². The van der Waals surface area contributed by atoms with Crippen molar-refractivity contribution in [2.75, 3.05) is 13.2 Å². The summed E-state index contributed by atoms with van der Waals surface area (Å²) in [5.74, 6) is 1.72. The van der Waals surface area contributed by atoms with E-state index in [-0.39, 0.29) is 12.5 Å². The Labute approximate surface area is 108 Å². The summed E-state index contributed by atoms with van der Waals surface area (Å²) in [5, 5.41) is 17.0. The molecule has 0 atom stereocenters. The Morgan fingerprint density at radius 3 is 2.67 bits per heavy atom. The molecule has 1 heterocycles. The van der Waals surface area contributed by atoms with Gasteiger partial charge >= 0.3 is 0 Å². The first-order chi connectivity index (χ1) is 8.70. The fourth-order valence-corrected chi connectivity index (χ4v) is 1.99. The number of aliphatic hydroxyl groups is 1. The van der Waals surface area contributed by atoms with Crippen LogP contribution < -0.4 is 0 Å². The highest BCUT2D eigenvalue weighted by Crippen LogP contribution is 2.28. The topological polar surface area (TPSA) is 62.4 Å². The average molecular weight is 253 g/mol. The molecule has 1 N–H and O–H groups in total. The maximum atomic E-state index is 8.83. The Morgan fingerprint density at radius 1 is 1.33 bits per heavy atom. The fourth-order valence-electron chi connectivity index (χ4n) is 1.99. The SMILES string of the molecule is CC(C)c1nnc(CN(CCCCO)C2CC2)o1. The highest BCUT2D eigenvalue weighted by Gasteiger charge is 2.29. The minimum Gasteiger partial charge on any atom is -0.424 e. The lowest BCUT2D eigenvalue weighted by atomic mass is 10.2. The van der Waals surface area contributed by atoms with E-state index in [0.717, 1.165) is 37.7 Å². The largest absolute Gasteiger partial charge is 0.424 e. The maximum Gasteiger partial charge on any atom is 0.230 e. The molecule has 1 saturated carbocycles. The van der Waals surface area contributed by atoms with E-state index in [9.17, 15) is 0 Å². The molecule has 0 aliphatic heterocycles. The van der Waals surface area contributed by atoms with Gasteiger partial charge in [0.05, 0.1) is 6.54 Å². The van der Waals surface area contributed by atoms with E-state index in [1.165, 1.54) is 12.8 Å². The first-order valence-corrected chi connectivity index (χ1v) is 6.88. The molecule has 1 aliphatic rings. The second-order valence-electron chi connectivity index (χ2n) is 5.32. The Kier molecular flexibility index (Phi) is 4.72. The molecule has 0 bridgehead atoms. The number of aromatic nitrogens is 2. The molecule has 102 valence electrons. The van der Waals surface area contributed by atoms with Gasteiger partial charge in [-0.2, -0.15) is 0 Å². The first kappa shape index (κ1) is 13.5. The van der Waals surface area contributed by atoms with Gasteiger partial charge in [0.25, 0.3) is 0 Å². The van der Waals surface area contributed by atoms with Crippen LogP contribution in [0.4, 0.5) is 0 Å². The summed E-state index contributed by atoms with van der Waals surface area (Å²) in [4.78, 5) is 2.40. The van der Waals surface area contributed by atoms with Crippen molar-refractivity contribution in [3.63, 3.8) is 0 Å². The second-order valence-corrected chi connectivity index (χ2v) is 5.32. The lowest BCUT2D eigenvalue weighted by Crippen LogP contribution is -2.27. The normalized spacial score (nSPS) is 15.8. The smallest absolute Gasteiger partial charge is 0.230 e. The van der Waals surface area contributed by atoms with Gasteiger partial charge in [-0.25, -0.2) is 0 Å². The van der Waals surface area contributed by atoms with Crippen molar-refractivity contribution in [1.82, 2.24) is 15.1 Å². The van der Waals surface area contributed by atoms with E-state index in [2.05, 4.69) is 28.9 Å². The summed E-state index contributed by atoms with van der Waals surface area (Å²) in [6.07, 6.45) is 4.43. The van der Waals surface area contributed by atoms with E-state index in [4.69, 9.17) is 9.52 Å². The van der Waals surface area contributed by atoms with E-state index < -0.39 is 0 Å². The third-order valence-electron chi connectivity index (χ3n) is 3.23. The van der Waals surface area contributed by atoms with Gasteiger partial charge in [0.1, 0.15) is 0 Å². The van der Waals surface area contributed by atoms with Crippen LogP contribution in [-0.2, 0) is 6.54 Å². The summed E-state index contributed by atoms with van der Waals surface area (Å²) in [6.45, 7) is 6.13. The number of rotatable bonds is 8. The summed E-state index contributed by atoms with van der Waals surface area (Å²) in [6, 6.07) is 0.679. The van der Waals surface area contributed by atoms with Crippen LogP contribution in [0, 0.1) is 0 Å². The van der Waals surface area contributed by atoms with Gasteiger partial charge in [-0.1, -0.05) is 13.8 Å². The summed E-state index contributed by atoms with van der Waals surface area (Å²) in [7, 11) is 0. The van der Waals surface area contributed by atoms with Crippen LogP contribution in [-0.4, -0.2) is 39.4 Å². The molecule has 0 spiro atoms. The molecule has 0 amide bonds. The lowest BCUT2D eigenvalue weighted by molar-refractivity contribution is 0.210. The molecular weight excluding hydrogens is 230 g/mol. The molecular formula is C13H23N3O2. The minimum atomic E-state index is 0.274. The van der Waals surface area contributed by atoms with Crippen LogP contribution in [0.3, 0.4) is 0 Å². The Hall–Kier alpha value is -0.940. The van der Waals surface area contributed by atoms with Crippen molar-refractivity contribution in [1.29, 1.82) is 0 Å². The zero-order chi connectivity index (χ0) is 13.0. The van der Waals surface area contributed by atoms with Crippen LogP contribution >= 0.6 is 0 Å². The lowest BCUT2D eigenvalue weighted by Gasteiger charge is -2.19. The molecule has 1 aliphatic carbocycles. The van der Waals surface area contributed by atoms with Gasteiger partial charge in [0.15, 0.2) is 0 Å². The molecule has 5 nitrogen and oxygen atoms in total. The standard InChI is InChI=1S/C13H23N3O2/c1-10(2)13-15-14-12(18-13)9-16(11-5-6-11)7-3-4-8-17/h10-11,17H,3-9H2,1-2H3. The zero-order valence-electron chi connectivity index (χ0n) is 11.3. The van der Waals surface area contributed by atoms with Crippen molar-refractivity contribution >= 4 is 0 Å². The predicted molar refractivity (Wildman–Crippen MR) is 68.1 cm³/mol. The zero-order valence-corrected chi connectivity index (χ0v) is 11.3. The molecule has 1 aromatic heterocycles. The molecule has 18 heavy (non-hydrogen) atoms. The molecule has 0 radical (unpaired) electrons. The summed E-state index contributed by atoms with van der Waals surface area (Å²) >= 11 is 0. The van der Waals surface area contributed by atoms with Crippen LogP contribution in [0.25, 0.3) is 0 Å². The number of hydrogen-bond acceptors (Lipinski definition) is 5. The van der Waals surface area contributed by atoms with Crippen LogP contribution in [0.1, 0.15) is 57.2 Å². The fraction of sp³-hybridized carbons (Fsp3) is 0.846. The average Bonchev–Trinajstić information content (AvgIpc) is 3.08. The quantitative estimate of drug-likeness (QED) is 0.717. The van der Waals surface area contributed by atoms with Gasteiger partial charge in [0.2, 0.25) is 11.8 Å². The number of unbranched alkanes of at least 4 members (excludes halogenated alkanes) is 1. The van der Waals surface area contributed by atoms with Crippen molar-refractivity contribution in [3.05, 3.63) is 11.8 Å². The highest BCUT2D eigenvalue weighted by molar-refractivity contribution is 4.90. The number of aliphatic hydroxyl groups excluding tert-OH is 1. The van der Waals surface area contributed by atoms with E-state index in [0.29, 0.717) is 6.04 Å². The number of hydrogen-bond donors (Lipinski definition) is 1. The highest BCUT2D eigenvalue weighted by atomic mass is 16.4. The van der Waals surface area contributed by atoms with Crippen LogP contribution in [0.15, 0.2) is 4.42 Å². The van der Waals surface area contributed by atoms with E-state index >= 15 is 0 Å². The maximum absolute atomic E-state index is 8.83. The third-order valence-corrected chi connectivity index (χ3v) is 3.23. The van der Waals surface area contributed by atoms with Crippen molar-refractivity contribution in [2.24, 2.45) is 0 Å². The molecule has 5 heteroatoms. The van der Waals surface area contributed by atoms with E-state index in [1.807, 2.05) is 0 Å². The van der Waals surface area contributed by atoms with Gasteiger partial charge in [-0.15, -0.1) is 10.2 Å². The van der Waals surface area contributed by atoms with Crippen LogP contribution in [0.5, 0.6) is 0 Å².